The monoisotopic (exact) mass is 374 g/mol. The van der Waals surface area contributed by atoms with E-state index in [0.29, 0.717) is 5.56 Å². The molecule has 2 N–H and O–H groups in total. The summed E-state index contributed by atoms with van der Waals surface area (Å²) in [5, 5.41) is 9.59. The van der Waals surface area contributed by atoms with Crippen LogP contribution >= 0.6 is 0 Å². The molecule has 0 aromatic heterocycles. The number of hydrogen-bond donors (Lipinski definition) is 2. The van der Waals surface area contributed by atoms with Crippen LogP contribution in [-0.2, 0) is 14.9 Å². The average molecular weight is 374 g/mol. The molecule has 0 aliphatic carbocycles. The highest BCUT2D eigenvalue weighted by molar-refractivity contribution is 7.85. The standard InChI is InChI=1S/C20H22O5S/c1-14(16-6-4-3-5-7-16)8-13-19(20(21)22)15(2)17-9-11-18(12-10-17)26(23,24)25/h3-15,19H,1-2H3,(H,21,22)(H,23,24,25). The topological polar surface area (TPSA) is 91.7 Å². The minimum atomic E-state index is -4.26. The van der Waals surface area contributed by atoms with Crippen molar-refractivity contribution in [2.24, 2.45) is 5.92 Å². The lowest BCUT2D eigenvalue weighted by Crippen LogP contribution is -2.18. The fourth-order valence-electron chi connectivity index (χ4n) is 2.77. The van der Waals surface area contributed by atoms with Gasteiger partial charge in [0.15, 0.2) is 0 Å². The van der Waals surface area contributed by atoms with Crippen LogP contribution in [0.4, 0.5) is 0 Å². The molecule has 0 saturated heterocycles. The molecule has 2 rings (SSSR count). The van der Waals surface area contributed by atoms with Gasteiger partial charge in [-0.05, 0) is 35.1 Å². The molecule has 0 spiro atoms. The molecule has 2 aromatic rings. The highest BCUT2D eigenvalue weighted by Crippen LogP contribution is 2.28. The number of carbonyl (C=O) groups is 1. The molecule has 0 heterocycles. The Kier molecular flexibility index (Phi) is 6.34. The van der Waals surface area contributed by atoms with E-state index in [1.807, 2.05) is 43.3 Å². The van der Waals surface area contributed by atoms with Crippen molar-refractivity contribution in [1.29, 1.82) is 0 Å². The molecule has 0 amide bonds. The largest absolute Gasteiger partial charge is 0.481 e. The van der Waals surface area contributed by atoms with E-state index in [-0.39, 0.29) is 16.7 Å². The quantitative estimate of drug-likeness (QED) is 0.562. The van der Waals surface area contributed by atoms with E-state index in [2.05, 4.69) is 0 Å². The fourth-order valence-corrected chi connectivity index (χ4v) is 3.25. The van der Waals surface area contributed by atoms with Crippen LogP contribution in [0.1, 0.15) is 36.8 Å². The first-order chi connectivity index (χ1) is 12.2. The molecular formula is C20H22O5S. The van der Waals surface area contributed by atoms with Crippen molar-refractivity contribution in [3.05, 3.63) is 77.9 Å². The van der Waals surface area contributed by atoms with Crippen LogP contribution in [-0.4, -0.2) is 24.0 Å². The van der Waals surface area contributed by atoms with Gasteiger partial charge in [-0.3, -0.25) is 9.35 Å². The highest BCUT2D eigenvalue weighted by atomic mass is 32.2. The van der Waals surface area contributed by atoms with E-state index in [9.17, 15) is 18.3 Å². The lowest BCUT2D eigenvalue weighted by atomic mass is 9.86. The molecule has 0 saturated carbocycles. The third kappa shape index (κ3) is 5.03. The number of benzene rings is 2. The smallest absolute Gasteiger partial charge is 0.310 e. The molecule has 0 aliphatic rings. The Labute approximate surface area is 153 Å². The molecule has 3 unspecified atom stereocenters. The first kappa shape index (κ1) is 19.9. The SMILES string of the molecule is CC(C=CC(C(=O)O)C(C)c1ccc(S(=O)(=O)O)cc1)c1ccccc1. The summed E-state index contributed by atoms with van der Waals surface area (Å²) in [6, 6.07) is 15.4. The van der Waals surface area contributed by atoms with Crippen LogP contribution < -0.4 is 0 Å². The van der Waals surface area contributed by atoms with Gasteiger partial charge in [-0.25, -0.2) is 0 Å². The van der Waals surface area contributed by atoms with E-state index in [4.69, 9.17) is 4.55 Å². The van der Waals surface area contributed by atoms with Crippen molar-refractivity contribution in [1.82, 2.24) is 0 Å². The van der Waals surface area contributed by atoms with Gasteiger partial charge in [0.25, 0.3) is 10.1 Å². The van der Waals surface area contributed by atoms with Crippen LogP contribution in [0.25, 0.3) is 0 Å². The summed E-state index contributed by atoms with van der Waals surface area (Å²) >= 11 is 0. The van der Waals surface area contributed by atoms with E-state index < -0.39 is 22.0 Å². The Morgan fingerprint density at radius 2 is 1.50 bits per heavy atom. The normalized spacial score (nSPS) is 15.5. The predicted molar refractivity (Wildman–Crippen MR) is 99.8 cm³/mol. The Balaban J connectivity index is 2.21. The maximum absolute atomic E-state index is 11.7. The number of aliphatic carboxylic acids is 1. The van der Waals surface area contributed by atoms with Gasteiger partial charge in [-0.2, -0.15) is 8.42 Å². The highest BCUT2D eigenvalue weighted by Gasteiger charge is 2.24. The summed E-state index contributed by atoms with van der Waals surface area (Å²) in [5.41, 5.74) is 1.78. The van der Waals surface area contributed by atoms with Crippen molar-refractivity contribution in [3.63, 3.8) is 0 Å². The lowest BCUT2D eigenvalue weighted by molar-refractivity contribution is -0.140. The predicted octanol–water partition coefficient (Wildman–Crippen LogP) is 4.10. The van der Waals surface area contributed by atoms with Crippen LogP contribution in [0.3, 0.4) is 0 Å². The first-order valence-corrected chi connectivity index (χ1v) is 9.67. The molecule has 2 aromatic carbocycles. The molecule has 0 fully saturated rings. The average Bonchev–Trinajstić information content (AvgIpc) is 2.61. The van der Waals surface area contributed by atoms with Gasteiger partial charge in [-0.1, -0.05) is 68.5 Å². The molecule has 6 heteroatoms. The summed E-state index contributed by atoms with van der Waals surface area (Å²) in [6.45, 7) is 3.77. The van der Waals surface area contributed by atoms with Crippen molar-refractivity contribution < 1.29 is 22.9 Å². The molecule has 0 aliphatic heterocycles. The third-order valence-corrected chi connectivity index (χ3v) is 5.33. The van der Waals surface area contributed by atoms with Gasteiger partial charge in [0.05, 0.1) is 10.8 Å². The second kappa shape index (κ2) is 8.29. The minimum Gasteiger partial charge on any atom is -0.481 e. The van der Waals surface area contributed by atoms with E-state index in [1.165, 1.54) is 24.3 Å². The Hall–Kier alpha value is -2.44. The Bertz CT molecular complexity index is 870. The molecule has 5 nitrogen and oxygen atoms in total. The maximum atomic E-state index is 11.7. The van der Waals surface area contributed by atoms with Crippen molar-refractivity contribution in [3.8, 4) is 0 Å². The molecular weight excluding hydrogens is 352 g/mol. The van der Waals surface area contributed by atoms with E-state index in [1.54, 1.807) is 13.0 Å². The molecule has 3 atom stereocenters. The lowest BCUT2D eigenvalue weighted by Gasteiger charge is -2.18. The van der Waals surface area contributed by atoms with Gasteiger partial charge in [0, 0.05) is 0 Å². The summed E-state index contributed by atoms with van der Waals surface area (Å²) in [6.07, 6.45) is 3.55. The van der Waals surface area contributed by atoms with Crippen LogP contribution in [0.15, 0.2) is 71.6 Å². The zero-order chi connectivity index (χ0) is 19.3. The maximum Gasteiger partial charge on any atom is 0.310 e. The fraction of sp³-hybridized carbons (Fsp3) is 0.250. The summed E-state index contributed by atoms with van der Waals surface area (Å²) < 4.78 is 31.3. The number of carboxylic acids is 1. The van der Waals surface area contributed by atoms with Gasteiger partial charge < -0.3 is 5.11 Å². The van der Waals surface area contributed by atoms with E-state index in [0.717, 1.165) is 5.56 Å². The first-order valence-electron chi connectivity index (χ1n) is 8.23. The van der Waals surface area contributed by atoms with Crippen LogP contribution in [0.5, 0.6) is 0 Å². The van der Waals surface area contributed by atoms with Crippen molar-refractivity contribution in [2.45, 2.75) is 30.6 Å². The second-order valence-electron chi connectivity index (χ2n) is 6.28. The number of allylic oxidation sites excluding steroid dienone is 1. The van der Waals surface area contributed by atoms with Gasteiger partial charge in [0.2, 0.25) is 0 Å². The number of hydrogen-bond acceptors (Lipinski definition) is 3. The Morgan fingerprint density at radius 3 is 2.00 bits per heavy atom. The molecule has 26 heavy (non-hydrogen) atoms. The van der Waals surface area contributed by atoms with Crippen molar-refractivity contribution in [2.75, 3.05) is 0 Å². The minimum absolute atomic E-state index is 0.0761. The van der Waals surface area contributed by atoms with Crippen molar-refractivity contribution >= 4 is 16.1 Å². The van der Waals surface area contributed by atoms with Gasteiger partial charge in [0.1, 0.15) is 0 Å². The zero-order valence-electron chi connectivity index (χ0n) is 14.6. The zero-order valence-corrected chi connectivity index (χ0v) is 15.4. The molecule has 138 valence electrons. The molecule has 0 bridgehead atoms. The third-order valence-electron chi connectivity index (χ3n) is 4.46. The summed E-state index contributed by atoms with van der Waals surface area (Å²) in [5.74, 6) is -1.99. The van der Waals surface area contributed by atoms with Gasteiger partial charge >= 0.3 is 5.97 Å². The van der Waals surface area contributed by atoms with Crippen LogP contribution in [0.2, 0.25) is 0 Å². The second-order valence-corrected chi connectivity index (χ2v) is 7.70. The summed E-state index contributed by atoms with van der Waals surface area (Å²) in [4.78, 5) is 11.5. The Morgan fingerprint density at radius 1 is 0.923 bits per heavy atom. The molecule has 0 radical (unpaired) electrons. The number of rotatable bonds is 7. The number of carboxylic acid groups (broad SMARTS) is 1. The van der Waals surface area contributed by atoms with E-state index >= 15 is 0 Å². The van der Waals surface area contributed by atoms with Crippen LogP contribution in [0, 0.1) is 5.92 Å². The summed E-state index contributed by atoms with van der Waals surface area (Å²) in [7, 11) is -4.26. The van der Waals surface area contributed by atoms with Gasteiger partial charge in [-0.15, -0.1) is 0 Å².